The van der Waals surface area contributed by atoms with Crippen molar-refractivity contribution < 1.29 is 9.32 Å². The number of anilines is 1. The molecule has 6 heteroatoms. The molecule has 0 saturated carbocycles. The maximum atomic E-state index is 12.9. The van der Waals surface area contributed by atoms with E-state index in [1.807, 2.05) is 0 Å². The molecule has 0 aliphatic carbocycles. The minimum atomic E-state index is -0.216. The van der Waals surface area contributed by atoms with Crippen LogP contribution in [0.5, 0.6) is 0 Å². The van der Waals surface area contributed by atoms with Crippen molar-refractivity contribution in [2.75, 3.05) is 5.32 Å². The van der Waals surface area contributed by atoms with Gasteiger partial charge in [0.05, 0.1) is 0 Å². The van der Waals surface area contributed by atoms with Crippen LogP contribution in [0, 0.1) is 20.8 Å². The summed E-state index contributed by atoms with van der Waals surface area (Å²) in [6, 6.07) is 15.1. The minimum absolute atomic E-state index is 0.0845. The quantitative estimate of drug-likeness (QED) is 0.535. The third kappa shape index (κ3) is 3.89. The van der Waals surface area contributed by atoms with Crippen LogP contribution in [0.1, 0.15) is 28.9 Å². The van der Waals surface area contributed by atoms with Crippen LogP contribution in [0.4, 0.5) is 5.69 Å². The van der Waals surface area contributed by atoms with E-state index in [0.29, 0.717) is 40.9 Å². The molecule has 1 N–H and O–H groups in total. The zero-order valence-corrected chi connectivity index (χ0v) is 17.2. The lowest BCUT2D eigenvalue weighted by Crippen LogP contribution is -2.19. The summed E-state index contributed by atoms with van der Waals surface area (Å²) in [4.78, 5) is 25.5. The summed E-state index contributed by atoms with van der Waals surface area (Å²) >= 11 is 0. The summed E-state index contributed by atoms with van der Waals surface area (Å²) in [6.07, 6.45) is 2.68. The second-order valence-electron chi connectivity index (χ2n) is 7.53. The molecule has 0 unspecified atom stereocenters. The summed E-state index contributed by atoms with van der Waals surface area (Å²) in [5.74, 6) is 0.975. The van der Waals surface area contributed by atoms with Gasteiger partial charge < -0.3 is 9.84 Å². The van der Waals surface area contributed by atoms with E-state index < -0.39 is 0 Å². The predicted octanol–water partition coefficient (Wildman–Crippen LogP) is 4.48. The van der Waals surface area contributed by atoms with Gasteiger partial charge in [-0.3, -0.25) is 14.2 Å². The minimum Gasteiger partial charge on any atom is -0.360 e. The third-order valence-corrected chi connectivity index (χ3v) is 5.20. The molecule has 0 fully saturated rings. The van der Waals surface area contributed by atoms with Crippen molar-refractivity contribution in [3.63, 3.8) is 0 Å². The summed E-state index contributed by atoms with van der Waals surface area (Å²) in [7, 11) is 0. The Bertz CT molecular complexity index is 1300. The van der Waals surface area contributed by atoms with Crippen LogP contribution < -0.4 is 10.9 Å². The standard InChI is InChI=1S/C24H23N3O3/c1-15-7-8-18(16(2)13-15)9-10-23(28)25-21-6-4-5-20-19(21)11-12-27(24(20)29)22-14-17(3)30-26-22/h4-8,11-14H,9-10H2,1-3H3,(H,25,28). The number of aryl methyl sites for hydroxylation is 4. The monoisotopic (exact) mass is 401 g/mol. The fourth-order valence-corrected chi connectivity index (χ4v) is 3.62. The topological polar surface area (TPSA) is 77.1 Å². The average molecular weight is 401 g/mol. The Hall–Kier alpha value is -3.67. The fourth-order valence-electron chi connectivity index (χ4n) is 3.62. The van der Waals surface area contributed by atoms with Gasteiger partial charge in [0.25, 0.3) is 5.56 Å². The van der Waals surface area contributed by atoms with Gasteiger partial charge in [0.15, 0.2) is 5.82 Å². The number of nitrogens with one attached hydrogen (secondary N) is 1. The third-order valence-electron chi connectivity index (χ3n) is 5.20. The van der Waals surface area contributed by atoms with Gasteiger partial charge >= 0.3 is 0 Å². The molecule has 0 bridgehead atoms. The van der Waals surface area contributed by atoms with Gasteiger partial charge in [-0.05, 0) is 56.5 Å². The van der Waals surface area contributed by atoms with Gasteiger partial charge in [0.2, 0.25) is 5.91 Å². The molecule has 0 saturated heterocycles. The molecule has 2 aromatic heterocycles. The van der Waals surface area contributed by atoms with E-state index in [1.54, 1.807) is 43.5 Å². The maximum Gasteiger partial charge on any atom is 0.264 e. The highest BCUT2D eigenvalue weighted by molar-refractivity contribution is 6.01. The molecule has 4 rings (SSSR count). The molecular formula is C24H23N3O3. The number of pyridine rings is 1. The summed E-state index contributed by atoms with van der Waals surface area (Å²) in [5, 5.41) is 8.06. The predicted molar refractivity (Wildman–Crippen MR) is 117 cm³/mol. The van der Waals surface area contributed by atoms with Gasteiger partial charge in [-0.15, -0.1) is 0 Å². The number of carbonyl (C=O) groups is 1. The van der Waals surface area contributed by atoms with E-state index in [2.05, 4.69) is 42.5 Å². The molecule has 0 aliphatic rings. The van der Waals surface area contributed by atoms with Crippen LogP contribution in [0.3, 0.4) is 0 Å². The first-order valence-electron chi connectivity index (χ1n) is 9.86. The molecule has 1 amide bonds. The van der Waals surface area contributed by atoms with Gasteiger partial charge in [-0.2, -0.15) is 0 Å². The van der Waals surface area contributed by atoms with Crippen molar-refractivity contribution >= 4 is 22.4 Å². The largest absolute Gasteiger partial charge is 0.360 e. The van der Waals surface area contributed by atoms with E-state index in [-0.39, 0.29) is 11.5 Å². The first-order valence-corrected chi connectivity index (χ1v) is 9.86. The Balaban J connectivity index is 1.56. The first kappa shape index (κ1) is 19.6. The summed E-state index contributed by atoms with van der Waals surface area (Å²) in [6.45, 7) is 5.89. The number of hydrogen-bond donors (Lipinski definition) is 1. The number of nitrogens with zero attached hydrogens (tertiary/aromatic N) is 2. The van der Waals surface area contributed by atoms with E-state index in [1.165, 1.54) is 21.3 Å². The molecule has 0 radical (unpaired) electrons. The number of benzene rings is 2. The van der Waals surface area contributed by atoms with E-state index in [9.17, 15) is 9.59 Å². The number of aromatic nitrogens is 2. The summed E-state index contributed by atoms with van der Waals surface area (Å²) < 4.78 is 6.51. The highest BCUT2D eigenvalue weighted by Gasteiger charge is 2.12. The molecular weight excluding hydrogens is 378 g/mol. The van der Waals surface area contributed by atoms with Crippen LogP contribution in [0.15, 0.2) is 64.0 Å². The molecule has 2 aromatic carbocycles. The Kier molecular flexibility index (Phi) is 5.23. The van der Waals surface area contributed by atoms with Gasteiger partial charge in [-0.25, -0.2) is 0 Å². The zero-order chi connectivity index (χ0) is 21.3. The fraction of sp³-hybridized carbons (Fsp3) is 0.208. The molecule has 0 atom stereocenters. The lowest BCUT2D eigenvalue weighted by atomic mass is 10.0. The summed E-state index contributed by atoms with van der Waals surface area (Å²) in [5.41, 5.74) is 3.98. The lowest BCUT2D eigenvalue weighted by molar-refractivity contribution is -0.116. The van der Waals surface area contributed by atoms with Crippen LogP contribution >= 0.6 is 0 Å². The Morgan fingerprint density at radius 1 is 1.07 bits per heavy atom. The number of fused-ring (bicyclic) bond motifs is 1. The zero-order valence-electron chi connectivity index (χ0n) is 17.2. The van der Waals surface area contributed by atoms with Crippen LogP contribution in [0.25, 0.3) is 16.6 Å². The van der Waals surface area contributed by atoms with E-state index in [4.69, 9.17) is 4.52 Å². The van der Waals surface area contributed by atoms with Gasteiger partial charge in [0.1, 0.15) is 5.76 Å². The molecule has 6 nitrogen and oxygen atoms in total. The maximum absolute atomic E-state index is 12.9. The molecule has 0 aliphatic heterocycles. The van der Waals surface area contributed by atoms with Crippen molar-refractivity contribution in [3.8, 4) is 5.82 Å². The SMILES string of the molecule is Cc1ccc(CCC(=O)Nc2cccc3c(=O)n(-c4cc(C)on4)ccc23)c(C)c1. The van der Waals surface area contributed by atoms with E-state index in [0.717, 1.165) is 0 Å². The number of carbonyl (C=O) groups excluding carboxylic acids is 1. The molecule has 2 heterocycles. The number of amides is 1. The van der Waals surface area contributed by atoms with Crippen molar-refractivity contribution in [3.05, 3.63) is 87.5 Å². The first-order chi connectivity index (χ1) is 14.4. The lowest BCUT2D eigenvalue weighted by Gasteiger charge is -2.11. The van der Waals surface area contributed by atoms with Crippen molar-refractivity contribution in [2.45, 2.75) is 33.6 Å². The average Bonchev–Trinajstić information content (AvgIpc) is 3.14. The Morgan fingerprint density at radius 2 is 1.90 bits per heavy atom. The molecule has 30 heavy (non-hydrogen) atoms. The highest BCUT2D eigenvalue weighted by atomic mass is 16.5. The Labute approximate surface area is 174 Å². The Morgan fingerprint density at radius 3 is 2.63 bits per heavy atom. The number of hydrogen-bond acceptors (Lipinski definition) is 4. The van der Waals surface area contributed by atoms with Crippen molar-refractivity contribution in [1.29, 1.82) is 0 Å². The molecule has 4 aromatic rings. The smallest absolute Gasteiger partial charge is 0.264 e. The van der Waals surface area contributed by atoms with Crippen molar-refractivity contribution in [1.82, 2.24) is 9.72 Å². The number of rotatable bonds is 5. The van der Waals surface area contributed by atoms with Gasteiger partial charge in [-0.1, -0.05) is 35.0 Å². The van der Waals surface area contributed by atoms with Gasteiger partial charge in [0, 0.05) is 35.1 Å². The van der Waals surface area contributed by atoms with Crippen LogP contribution in [0.2, 0.25) is 0 Å². The molecule has 0 spiro atoms. The second-order valence-corrected chi connectivity index (χ2v) is 7.53. The van der Waals surface area contributed by atoms with Crippen molar-refractivity contribution in [2.24, 2.45) is 0 Å². The molecule has 152 valence electrons. The highest BCUT2D eigenvalue weighted by Crippen LogP contribution is 2.22. The van der Waals surface area contributed by atoms with E-state index >= 15 is 0 Å². The normalized spacial score (nSPS) is 11.0. The van der Waals surface area contributed by atoms with Crippen LogP contribution in [-0.2, 0) is 11.2 Å². The second kappa shape index (κ2) is 7.99. The van der Waals surface area contributed by atoms with Crippen LogP contribution in [-0.4, -0.2) is 15.6 Å².